The van der Waals surface area contributed by atoms with E-state index in [-0.39, 0.29) is 0 Å². The first-order valence-electron chi connectivity index (χ1n) is 3.77. The van der Waals surface area contributed by atoms with Crippen LogP contribution in [0.1, 0.15) is 0 Å². The van der Waals surface area contributed by atoms with Gasteiger partial charge in [-0.2, -0.15) is 0 Å². The average Bonchev–Trinajstić information content (AvgIpc) is 2.21. The van der Waals surface area contributed by atoms with Crippen molar-refractivity contribution in [2.75, 3.05) is 0 Å². The third kappa shape index (κ3) is 1.40. The second-order valence-corrected chi connectivity index (χ2v) is 2.49. The molecule has 2 aromatic heterocycles. The second kappa shape index (κ2) is 3.26. The average molecular weight is 154 g/mol. The van der Waals surface area contributed by atoms with E-state index in [1.165, 1.54) is 6.33 Å². The zero-order valence-corrected chi connectivity index (χ0v) is 6.51. The van der Waals surface area contributed by atoms with Gasteiger partial charge >= 0.3 is 70.8 Å². The van der Waals surface area contributed by atoms with E-state index in [0.717, 1.165) is 11.0 Å². The van der Waals surface area contributed by atoms with Crippen molar-refractivity contribution in [1.82, 2.24) is 9.97 Å². The molecule has 0 saturated heterocycles. The molecule has 2 heterocycles. The summed E-state index contributed by atoms with van der Waals surface area (Å²) in [5.74, 6) is 2.00. The van der Waals surface area contributed by atoms with Crippen LogP contribution in [0.2, 0.25) is 0 Å². The Morgan fingerprint density at radius 3 is 2.58 bits per heavy atom. The van der Waals surface area contributed by atoms with Crippen molar-refractivity contribution in [2.45, 2.75) is 0 Å². The van der Waals surface area contributed by atoms with Crippen LogP contribution < -0.4 is 0 Å². The van der Waals surface area contributed by atoms with Crippen LogP contribution in [0.4, 0.5) is 0 Å². The van der Waals surface area contributed by atoms with E-state index < -0.39 is 0 Å². The normalized spacial score (nSPS) is 9.33. The summed E-state index contributed by atoms with van der Waals surface area (Å²) in [7, 11) is 0. The van der Waals surface area contributed by atoms with Crippen molar-refractivity contribution in [3.05, 3.63) is 42.9 Å². The predicted molar refractivity (Wildman–Crippen MR) is 48.8 cm³/mol. The molecule has 0 fully saturated rings. The molecule has 3 heteroatoms. The van der Waals surface area contributed by atoms with Crippen molar-refractivity contribution in [3.63, 3.8) is 0 Å². The van der Waals surface area contributed by atoms with Crippen LogP contribution in [0.5, 0.6) is 0 Å². The van der Waals surface area contributed by atoms with Gasteiger partial charge < -0.3 is 0 Å². The van der Waals surface area contributed by atoms with Crippen LogP contribution in [-0.2, 0) is 0 Å². The fourth-order valence-electron chi connectivity index (χ4n) is 1.08. The zero-order chi connectivity index (χ0) is 8.23. The Balaban J connectivity index is 2.46. The van der Waals surface area contributed by atoms with Crippen molar-refractivity contribution in [1.29, 1.82) is 0 Å². The van der Waals surface area contributed by atoms with Crippen LogP contribution in [0.3, 0.4) is 0 Å². The van der Waals surface area contributed by atoms with E-state index in [1.54, 1.807) is 0 Å². The number of hydrogen-bond acceptors (Lipinski definition) is 2. The van der Waals surface area contributed by atoms with Crippen molar-refractivity contribution < 1.29 is 0 Å². The molecule has 0 radical (unpaired) electrons. The summed E-state index contributed by atoms with van der Waals surface area (Å²) >= 11 is 0. The molecule has 56 valence electrons. The Morgan fingerprint density at radius 2 is 1.92 bits per heavy atom. The Morgan fingerprint density at radius 1 is 1.08 bits per heavy atom. The molecule has 0 N–H and O–H groups in total. The van der Waals surface area contributed by atoms with E-state index >= 15 is 0 Å². The second-order valence-electron chi connectivity index (χ2n) is 2.49. The maximum atomic E-state index is 3.95. The molecule has 0 saturated carbocycles. The number of rotatable bonds is 1. The summed E-state index contributed by atoms with van der Waals surface area (Å²) in [6.07, 6.45) is 5.15. The Labute approximate surface area is 71.5 Å². The van der Waals surface area contributed by atoms with Crippen LogP contribution in [-0.4, -0.2) is 16.9 Å². The first-order valence-corrected chi connectivity index (χ1v) is 3.77. The van der Waals surface area contributed by atoms with E-state index in [2.05, 4.69) is 9.97 Å². The molecule has 0 atom stereocenters. The van der Waals surface area contributed by atoms with Crippen LogP contribution in [0.15, 0.2) is 42.9 Å². The SMILES string of the molecule is b1ccccc1-c1cncnc1. The van der Waals surface area contributed by atoms with E-state index in [4.69, 9.17) is 0 Å². The van der Waals surface area contributed by atoms with Gasteiger partial charge in [0, 0.05) is 0 Å². The standard InChI is InChI=1S/C9H7BN2/c1-2-4-10-9(3-1)8-5-11-7-12-6-8/h1-7H. The van der Waals surface area contributed by atoms with Gasteiger partial charge in [0.2, 0.25) is 0 Å². The summed E-state index contributed by atoms with van der Waals surface area (Å²) < 4.78 is 0. The Bertz CT molecular complexity index is 310. The summed E-state index contributed by atoms with van der Waals surface area (Å²) in [6.45, 7) is 2.04. The van der Waals surface area contributed by atoms with E-state index in [1.807, 2.05) is 43.5 Å². The fraction of sp³-hybridized carbons (Fsp3) is 0. The first kappa shape index (κ1) is 7.16. The van der Waals surface area contributed by atoms with Crippen molar-refractivity contribution in [3.8, 4) is 11.0 Å². The fourth-order valence-corrected chi connectivity index (χ4v) is 1.08. The predicted octanol–water partition coefficient (Wildman–Crippen LogP) is 1.48. The molecule has 0 unspecified atom stereocenters. The van der Waals surface area contributed by atoms with Gasteiger partial charge in [0.1, 0.15) is 0 Å². The molecule has 0 amide bonds. The maximum absolute atomic E-state index is 3.95. The molecule has 0 spiro atoms. The van der Waals surface area contributed by atoms with Crippen molar-refractivity contribution in [2.24, 2.45) is 0 Å². The van der Waals surface area contributed by atoms with Crippen LogP contribution >= 0.6 is 0 Å². The molecular weight excluding hydrogens is 147 g/mol. The first-order chi connectivity index (χ1) is 5.97. The molecule has 0 aromatic carbocycles. The monoisotopic (exact) mass is 154 g/mol. The van der Waals surface area contributed by atoms with Gasteiger partial charge in [0.15, 0.2) is 0 Å². The van der Waals surface area contributed by atoms with E-state index in [9.17, 15) is 0 Å². The molecule has 0 bridgehead atoms. The molecule has 12 heavy (non-hydrogen) atoms. The minimum absolute atomic E-state index is 1.05. The number of aromatic nitrogens is 2. The molecule has 0 aliphatic rings. The summed E-state index contributed by atoms with van der Waals surface area (Å²) in [5, 5.41) is 0. The summed E-state index contributed by atoms with van der Waals surface area (Å²) in [5.41, 5.74) is 2.20. The van der Waals surface area contributed by atoms with Gasteiger partial charge in [-0.15, -0.1) is 0 Å². The zero-order valence-electron chi connectivity index (χ0n) is 6.51. The Hall–Kier alpha value is -1.51. The Kier molecular flexibility index (Phi) is 1.95. The van der Waals surface area contributed by atoms with Gasteiger partial charge in [-0.25, -0.2) is 0 Å². The molecule has 0 aliphatic heterocycles. The molecule has 2 rings (SSSR count). The van der Waals surface area contributed by atoms with Crippen LogP contribution in [0, 0.1) is 0 Å². The summed E-state index contributed by atoms with van der Waals surface area (Å²) in [6, 6.07) is 6.04. The number of nitrogens with zero attached hydrogens (tertiary/aromatic N) is 2. The molecule has 2 nitrogen and oxygen atoms in total. The van der Waals surface area contributed by atoms with Gasteiger partial charge in [0.05, 0.1) is 0 Å². The molecule has 2 aromatic rings. The van der Waals surface area contributed by atoms with E-state index in [0.29, 0.717) is 0 Å². The van der Waals surface area contributed by atoms with Crippen molar-refractivity contribution >= 4 is 6.91 Å². The topological polar surface area (TPSA) is 25.8 Å². The summed E-state index contributed by atoms with van der Waals surface area (Å²) in [4.78, 5) is 7.90. The number of hydrogen-bond donors (Lipinski definition) is 0. The third-order valence-electron chi connectivity index (χ3n) is 1.67. The van der Waals surface area contributed by atoms with Crippen LogP contribution in [0.25, 0.3) is 11.0 Å². The van der Waals surface area contributed by atoms with Gasteiger partial charge in [-0.1, -0.05) is 0 Å². The third-order valence-corrected chi connectivity index (χ3v) is 1.67. The minimum atomic E-state index is 1.05. The van der Waals surface area contributed by atoms with Gasteiger partial charge in [-0.05, 0) is 0 Å². The van der Waals surface area contributed by atoms with Gasteiger partial charge in [0.25, 0.3) is 0 Å². The molecule has 0 aliphatic carbocycles. The van der Waals surface area contributed by atoms with Gasteiger partial charge in [-0.3, -0.25) is 0 Å². The molecular formula is C9H7BN2. The quantitative estimate of drug-likeness (QED) is 0.621.